The van der Waals surface area contributed by atoms with Gasteiger partial charge in [0.15, 0.2) is 0 Å². The fraction of sp³-hybridized carbons (Fsp3) is 0.429. The van der Waals surface area contributed by atoms with Gasteiger partial charge in [0, 0.05) is 13.1 Å². The number of alkyl halides is 3. The van der Waals surface area contributed by atoms with Crippen LogP contribution in [0.1, 0.15) is 5.82 Å². The molecule has 0 aliphatic carbocycles. The molecule has 0 unspecified atom stereocenters. The molecule has 0 fully saturated rings. The lowest BCUT2D eigenvalue weighted by atomic mass is 10.5. The molecule has 0 aliphatic rings. The highest BCUT2D eigenvalue weighted by Crippen LogP contribution is 2.28. The first-order valence-electron chi connectivity index (χ1n) is 3.65. The minimum Gasteiger partial charge on any atom is -0.373 e. The van der Waals surface area contributed by atoms with Crippen LogP contribution in [0.3, 0.4) is 0 Å². The molecule has 0 bridgehead atoms. The predicted molar refractivity (Wildman–Crippen MR) is 48.4 cm³/mol. The first-order valence-corrected chi connectivity index (χ1v) is 4.88. The van der Waals surface area contributed by atoms with Crippen molar-refractivity contribution in [1.82, 2.24) is 9.97 Å². The van der Waals surface area contributed by atoms with Crippen molar-refractivity contribution >= 4 is 17.6 Å². The van der Waals surface area contributed by atoms with Crippen molar-refractivity contribution in [3.05, 3.63) is 11.9 Å². The zero-order chi connectivity index (χ0) is 10.8. The van der Waals surface area contributed by atoms with Gasteiger partial charge in [-0.3, -0.25) is 0 Å². The summed E-state index contributed by atoms with van der Waals surface area (Å²) in [7, 11) is 1.51. The van der Waals surface area contributed by atoms with Crippen molar-refractivity contribution in [1.29, 1.82) is 0 Å². The lowest BCUT2D eigenvalue weighted by Gasteiger charge is -2.08. The number of nitrogens with zero attached hydrogens (tertiary/aromatic N) is 2. The summed E-state index contributed by atoms with van der Waals surface area (Å²) >= 11 is 1.14. The molecule has 0 amide bonds. The average molecular weight is 223 g/mol. The third-order valence-electron chi connectivity index (χ3n) is 1.42. The van der Waals surface area contributed by atoms with Crippen LogP contribution in [0.4, 0.5) is 19.0 Å². The molecular weight excluding hydrogens is 215 g/mol. The van der Waals surface area contributed by atoms with Crippen LogP contribution in [0.5, 0.6) is 0 Å². The second kappa shape index (κ2) is 4.04. The number of halogens is 3. The van der Waals surface area contributed by atoms with Gasteiger partial charge in [0.2, 0.25) is 5.82 Å². The summed E-state index contributed by atoms with van der Waals surface area (Å²) in [5, 5.41) is 2.84. The van der Waals surface area contributed by atoms with E-state index >= 15 is 0 Å². The molecule has 0 radical (unpaired) electrons. The Morgan fingerprint density at radius 2 is 2.00 bits per heavy atom. The molecule has 1 aromatic heterocycles. The van der Waals surface area contributed by atoms with Crippen LogP contribution < -0.4 is 5.32 Å². The highest BCUT2D eigenvalue weighted by Gasteiger charge is 2.35. The van der Waals surface area contributed by atoms with Crippen LogP contribution in [0.15, 0.2) is 11.1 Å². The number of hydrogen-bond donors (Lipinski definition) is 1. The maximum atomic E-state index is 12.3. The summed E-state index contributed by atoms with van der Waals surface area (Å²) < 4.78 is 36.8. The van der Waals surface area contributed by atoms with Crippen molar-refractivity contribution in [3.8, 4) is 0 Å². The Kier molecular flexibility index (Phi) is 3.20. The predicted octanol–water partition coefficient (Wildman–Crippen LogP) is 2.26. The second-order valence-corrected chi connectivity index (χ2v) is 3.19. The lowest BCUT2D eigenvalue weighted by molar-refractivity contribution is -0.145. The van der Waals surface area contributed by atoms with Crippen LogP contribution in [-0.2, 0) is 6.18 Å². The fourth-order valence-electron chi connectivity index (χ4n) is 0.784. The summed E-state index contributed by atoms with van der Waals surface area (Å²) in [6.07, 6.45) is -2.85. The molecule has 3 nitrogen and oxygen atoms in total. The topological polar surface area (TPSA) is 37.8 Å². The molecule has 7 heteroatoms. The van der Waals surface area contributed by atoms with Gasteiger partial charge in [0.25, 0.3) is 0 Å². The third kappa shape index (κ3) is 2.50. The minimum atomic E-state index is -4.50. The Labute approximate surface area is 83.1 Å². The molecule has 78 valence electrons. The number of thioether (sulfide) groups is 1. The first kappa shape index (κ1) is 11.1. The van der Waals surface area contributed by atoms with E-state index in [-0.39, 0.29) is 10.8 Å². The standard InChI is InChI=1S/C7H8F3N3S/c1-11-4-3-5(14-2)13-6(12-4)7(8,9)10/h3H,1-2H3,(H,11,12,13). The highest BCUT2D eigenvalue weighted by atomic mass is 32.2. The lowest BCUT2D eigenvalue weighted by Crippen LogP contribution is -2.12. The van der Waals surface area contributed by atoms with Gasteiger partial charge < -0.3 is 5.32 Å². The monoisotopic (exact) mass is 223 g/mol. The van der Waals surface area contributed by atoms with E-state index in [0.717, 1.165) is 11.8 Å². The quantitative estimate of drug-likeness (QED) is 0.616. The van der Waals surface area contributed by atoms with E-state index in [2.05, 4.69) is 15.3 Å². The van der Waals surface area contributed by atoms with Crippen LogP contribution in [-0.4, -0.2) is 23.3 Å². The van der Waals surface area contributed by atoms with E-state index in [0.29, 0.717) is 0 Å². The van der Waals surface area contributed by atoms with E-state index in [1.54, 1.807) is 6.26 Å². The zero-order valence-electron chi connectivity index (χ0n) is 7.51. The van der Waals surface area contributed by atoms with Crippen LogP contribution in [0.2, 0.25) is 0 Å². The molecule has 0 aromatic carbocycles. The highest BCUT2D eigenvalue weighted by molar-refractivity contribution is 7.98. The van der Waals surface area contributed by atoms with Crippen molar-refractivity contribution in [3.63, 3.8) is 0 Å². The van der Waals surface area contributed by atoms with Gasteiger partial charge in [-0.1, -0.05) is 0 Å². The summed E-state index contributed by atoms with van der Waals surface area (Å²) in [5.74, 6) is -0.953. The van der Waals surface area contributed by atoms with Gasteiger partial charge in [-0.25, -0.2) is 9.97 Å². The van der Waals surface area contributed by atoms with Gasteiger partial charge in [-0.15, -0.1) is 11.8 Å². The zero-order valence-corrected chi connectivity index (χ0v) is 8.33. The number of nitrogens with one attached hydrogen (secondary N) is 1. The Balaban J connectivity index is 3.17. The number of hydrogen-bond acceptors (Lipinski definition) is 4. The number of anilines is 1. The van der Waals surface area contributed by atoms with E-state index in [1.165, 1.54) is 13.1 Å². The Morgan fingerprint density at radius 3 is 2.43 bits per heavy atom. The van der Waals surface area contributed by atoms with E-state index < -0.39 is 12.0 Å². The van der Waals surface area contributed by atoms with Gasteiger partial charge in [0.05, 0.1) is 0 Å². The molecule has 1 heterocycles. The van der Waals surface area contributed by atoms with E-state index in [9.17, 15) is 13.2 Å². The summed E-state index contributed by atoms with van der Waals surface area (Å²) in [6.45, 7) is 0. The molecular formula is C7H8F3N3S. The van der Waals surface area contributed by atoms with Crippen molar-refractivity contribution in [2.24, 2.45) is 0 Å². The summed E-state index contributed by atoms with van der Waals surface area (Å²) in [6, 6.07) is 1.46. The Bertz CT molecular complexity index is 304. The molecule has 0 aliphatic heterocycles. The van der Waals surface area contributed by atoms with Crippen LogP contribution in [0.25, 0.3) is 0 Å². The molecule has 0 saturated carbocycles. The largest absolute Gasteiger partial charge is 0.451 e. The van der Waals surface area contributed by atoms with Crippen LogP contribution >= 0.6 is 11.8 Å². The van der Waals surface area contributed by atoms with Gasteiger partial charge in [-0.2, -0.15) is 13.2 Å². The molecule has 0 atom stereocenters. The Morgan fingerprint density at radius 1 is 1.36 bits per heavy atom. The number of rotatable bonds is 2. The molecule has 0 spiro atoms. The molecule has 1 aromatic rings. The molecule has 14 heavy (non-hydrogen) atoms. The smallest absolute Gasteiger partial charge is 0.373 e. The second-order valence-electron chi connectivity index (χ2n) is 2.37. The normalized spacial score (nSPS) is 11.5. The fourth-order valence-corrected chi connectivity index (χ4v) is 1.19. The minimum absolute atomic E-state index is 0.164. The maximum absolute atomic E-state index is 12.3. The van der Waals surface area contributed by atoms with Crippen molar-refractivity contribution in [2.75, 3.05) is 18.6 Å². The summed E-state index contributed by atoms with van der Waals surface area (Å²) in [5.41, 5.74) is 0. The third-order valence-corrected chi connectivity index (χ3v) is 2.05. The van der Waals surface area contributed by atoms with Crippen LogP contribution in [0, 0.1) is 0 Å². The molecule has 1 rings (SSSR count). The molecule has 0 saturated heterocycles. The van der Waals surface area contributed by atoms with Gasteiger partial charge in [0.1, 0.15) is 10.8 Å². The average Bonchev–Trinajstić information content (AvgIpc) is 2.15. The van der Waals surface area contributed by atoms with E-state index in [1.807, 2.05) is 0 Å². The SMILES string of the molecule is CNc1cc(SC)nc(C(F)(F)F)n1. The van der Waals surface area contributed by atoms with E-state index in [4.69, 9.17) is 0 Å². The maximum Gasteiger partial charge on any atom is 0.451 e. The van der Waals surface area contributed by atoms with Gasteiger partial charge >= 0.3 is 6.18 Å². The van der Waals surface area contributed by atoms with Gasteiger partial charge in [-0.05, 0) is 6.26 Å². The first-order chi connectivity index (χ1) is 6.47. The van der Waals surface area contributed by atoms with Crippen molar-refractivity contribution < 1.29 is 13.2 Å². The number of aromatic nitrogens is 2. The van der Waals surface area contributed by atoms with Crippen molar-refractivity contribution in [2.45, 2.75) is 11.2 Å². The summed E-state index contributed by atoms with van der Waals surface area (Å²) in [4.78, 5) is 6.67. The Hall–Kier alpha value is -0.980. The molecule has 1 N–H and O–H groups in total.